The van der Waals surface area contributed by atoms with Gasteiger partial charge in [0.05, 0.1) is 32.6 Å². The summed E-state index contributed by atoms with van der Waals surface area (Å²) in [4.78, 5) is 34.4. The molecule has 4 rings (SSSR count). The molecule has 0 aliphatic rings. The molecule has 12 nitrogen and oxygen atoms in total. The van der Waals surface area contributed by atoms with Gasteiger partial charge < -0.3 is 9.73 Å². The van der Waals surface area contributed by atoms with E-state index in [2.05, 4.69) is 10.4 Å². The van der Waals surface area contributed by atoms with E-state index in [1.54, 1.807) is 36.4 Å². The molecule has 0 unspecified atom stereocenters. The molecule has 43 heavy (non-hydrogen) atoms. The molecule has 0 saturated heterocycles. The van der Waals surface area contributed by atoms with Crippen LogP contribution in [0.4, 0.5) is 11.4 Å². The van der Waals surface area contributed by atoms with Gasteiger partial charge in [-0.25, -0.2) is 13.8 Å². The summed E-state index contributed by atoms with van der Waals surface area (Å²) in [5.74, 6) is -1.70. The van der Waals surface area contributed by atoms with Crippen LogP contribution in [0.3, 0.4) is 0 Å². The third-order valence-corrected chi connectivity index (χ3v) is 8.46. The molecule has 0 atom stereocenters. The maximum absolute atomic E-state index is 13.6. The summed E-state index contributed by atoms with van der Waals surface area (Å²) in [6.07, 6.45) is 1.14. The van der Waals surface area contributed by atoms with Crippen molar-refractivity contribution in [2.24, 2.45) is 5.10 Å². The van der Waals surface area contributed by atoms with E-state index in [-0.39, 0.29) is 45.9 Å². The van der Waals surface area contributed by atoms with Crippen LogP contribution in [0.5, 0.6) is 0 Å². The molecule has 0 aliphatic carbocycles. The Hall–Kier alpha value is -4.56. The van der Waals surface area contributed by atoms with Crippen LogP contribution in [-0.2, 0) is 32.7 Å². The Balaban J connectivity index is 1.43. The first-order valence-electron chi connectivity index (χ1n) is 12.4. The lowest BCUT2D eigenvalue weighted by Gasteiger charge is -2.22. The van der Waals surface area contributed by atoms with Gasteiger partial charge in [-0.3, -0.25) is 19.7 Å². The second kappa shape index (κ2) is 13.6. The second-order valence-corrected chi connectivity index (χ2v) is 11.8. The highest BCUT2D eigenvalue weighted by Gasteiger charge is 2.26. The van der Waals surface area contributed by atoms with Crippen LogP contribution >= 0.6 is 23.2 Å². The molecule has 2 amide bonds. The van der Waals surface area contributed by atoms with Gasteiger partial charge in [0.25, 0.3) is 5.69 Å². The first kappa shape index (κ1) is 31.4. The van der Waals surface area contributed by atoms with Crippen molar-refractivity contribution in [3.8, 4) is 0 Å². The zero-order valence-electron chi connectivity index (χ0n) is 22.4. The lowest BCUT2D eigenvalue weighted by atomic mass is 10.2. The van der Waals surface area contributed by atoms with E-state index < -0.39 is 26.8 Å². The van der Waals surface area contributed by atoms with Gasteiger partial charge in [0, 0.05) is 24.4 Å². The van der Waals surface area contributed by atoms with Crippen LogP contribution in [-0.4, -0.2) is 35.7 Å². The molecular formula is C28H23Cl2N5O7S. The number of rotatable bonds is 10. The standard InChI is InChI=1S/C28H23Cl2N5O7S/c1-18-2-11-24(12-3-18)43(40,41)34(16-19-4-13-25(29)26(30)14-19)17-23-10-9-22(42-23)15-31-33-28(37)27(36)32-20-5-7-21(8-6-20)35(38)39/h2-15H,16-17H2,1H3,(H,32,36)(H,33,37)/b31-15-. The smallest absolute Gasteiger partial charge is 0.329 e. The van der Waals surface area contributed by atoms with Gasteiger partial charge in [0.15, 0.2) is 0 Å². The number of nitrogens with one attached hydrogen (secondary N) is 2. The van der Waals surface area contributed by atoms with Crippen molar-refractivity contribution in [2.75, 3.05) is 5.32 Å². The minimum atomic E-state index is -3.97. The highest BCUT2D eigenvalue weighted by Crippen LogP contribution is 2.26. The summed E-state index contributed by atoms with van der Waals surface area (Å²) in [6, 6.07) is 19.3. The maximum atomic E-state index is 13.6. The zero-order valence-corrected chi connectivity index (χ0v) is 24.7. The van der Waals surface area contributed by atoms with Crippen LogP contribution in [0.1, 0.15) is 22.6 Å². The van der Waals surface area contributed by atoms with Crippen molar-refractivity contribution in [3.05, 3.63) is 122 Å². The average molecular weight is 644 g/mol. The lowest BCUT2D eigenvalue weighted by molar-refractivity contribution is -0.384. The number of anilines is 1. The van der Waals surface area contributed by atoms with E-state index in [0.717, 1.165) is 11.8 Å². The molecule has 0 bridgehead atoms. The first-order valence-corrected chi connectivity index (χ1v) is 14.6. The number of hydrazone groups is 1. The van der Waals surface area contributed by atoms with Gasteiger partial charge >= 0.3 is 11.8 Å². The summed E-state index contributed by atoms with van der Waals surface area (Å²) in [5, 5.41) is 17.3. The normalized spacial score (nSPS) is 11.5. The number of halogens is 2. The molecule has 0 aliphatic heterocycles. The van der Waals surface area contributed by atoms with Gasteiger partial charge in [-0.1, -0.05) is 47.0 Å². The Bertz CT molecular complexity index is 1790. The number of hydrogen-bond acceptors (Lipinski definition) is 8. The molecule has 222 valence electrons. The summed E-state index contributed by atoms with van der Waals surface area (Å²) in [6.45, 7) is 1.68. The Morgan fingerprint density at radius 3 is 2.30 bits per heavy atom. The van der Waals surface area contributed by atoms with Gasteiger partial charge in [0.2, 0.25) is 10.0 Å². The van der Waals surface area contributed by atoms with E-state index in [1.807, 2.05) is 12.3 Å². The first-order chi connectivity index (χ1) is 20.4. The number of aryl methyl sites for hydroxylation is 1. The molecule has 0 fully saturated rings. The Morgan fingerprint density at radius 2 is 1.65 bits per heavy atom. The highest BCUT2D eigenvalue weighted by atomic mass is 35.5. The Kier molecular flexibility index (Phi) is 9.93. The van der Waals surface area contributed by atoms with E-state index in [9.17, 15) is 28.1 Å². The monoisotopic (exact) mass is 643 g/mol. The fourth-order valence-electron chi connectivity index (χ4n) is 3.71. The number of sulfonamides is 1. The molecule has 15 heteroatoms. The number of nitro benzene ring substituents is 1. The number of non-ortho nitro benzene ring substituents is 1. The summed E-state index contributed by atoms with van der Waals surface area (Å²) in [7, 11) is -3.97. The number of hydrogen-bond donors (Lipinski definition) is 2. The average Bonchev–Trinajstić information content (AvgIpc) is 3.42. The summed E-state index contributed by atoms with van der Waals surface area (Å²) >= 11 is 12.2. The number of carbonyl (C=O) groups excluding carboxylic acids is 2. The highest BCUT2D eigenvalue weighted by molar-refractivity contribution is 7.89. The predicted octanol–water partition coefficient (Wildman–Crippen LogP) is 5.28. The molecule has 4 aromatic rings. The summed E-state index contributed by atoms with van der Waals surface area (Å²) < 4.78 is 34.1. The predicted molar refractivity (Wildman–Crippen MR) is 160 cm³/mol. The quantitative estimate of drug-likeness (QED) is 0.103. The fourth-order valence-corrected chi connectivity index (χ4v) is 5.42. The van der Waals surface area contributed by atoms with Crippen LogP contribution in [0.15, 0.2) is 93.3 Å². The molecular weight excluding hydrogens is 621 g/mol. The lowest BCUT2D eigenvalue weighted by Crippen LogP contribution is -2.32. The second-order valence-electron chi connectivity index (χ2n) is 9.10. The summed E-state index contributed by atoms with van der Waals surface area (Å²) in [5.41, 5.74) is 3.56. The van der Waals surface area contributed by atoms with Crippen LogP contribution < -0.4 is 10.7 Å². The molecule has 0 spiro atoms. The van der Waals surface area contributed by atoms with Gasteiger partial charge in [0.1, 0.15) is 11.5 Å². The minimum absolute atomic E-state index is 0.0306. The number of carbonyl (C=O) groups is 2. The van der Waals surface area contributed by atoms with E-state index in [0.29, 0.717) is 10.6 Å². The number of benzene rings is 3. The number of nitrogens with zero attached hydrogens (tertiary/aromatic N) is 3. The van der Waals surface area contributed by atoms with E-state index >= 15 is 0 Å². The van der Waals surface area contributed by atoms with Crippen molar-refractivity contribution >= 4 is 62.6 Å². The molecule has 2 N–H and O–H groups in total. The topological polar surface area (TPSA) is 164 Å². The Labute approximate surface area is 256 Å². The van der Waals surface area contributed by atoms with E-state index in [4.69, 9.17) is 27.6 Å². The third-order valence-electron chi connectivity index (χ3n) is 5.92. The maximum Gasteiger partial charge on any atom is 0.329 e. The minimum Gasteiger partial charge on any atom is -0.459 e. The molecule has 1 heterocycles. The SMILES string of the molecule is Cc1ccc(S(=O)(=O)N(Cc2ccc(Cl)c(Cl)c2)Cc2ccc(/C=N\NC(=O)C(=O)Nc3ccc([N+](=O)[O-])cc3)o2)cc1. The van der Waals surface area contributed by atoms with Crippen molar-refractivity contribution in [2.45, 2.75) is 24.9 Å². The van der Waals surface area contributed by atoms with Crippen molar-refractivity contribution < 1.29 is 27.3 Å². The molecule has 0 saturated carbocycles. The van der Waals surface area contributed by atoms with Crippen molar-refractivity contribution in [1.29, 1.82) is 0 Å². The molecule has 1 aromatic heterocycles. The fraction of sp³-hybridized carbons (Fsp3) is 0.107. The van der Waals surface area contributed by atoms with Crippen molar-refractivity contribution in [1.82, 2.24) is 9.73 Å². The number of nitro groups is 1. The van der Waals surface area contributed by atoms with Gasteiger partial charge in [-0.15, -0.1) is 0 Å². The van der Waals surface area contributed by atoms with Gasteiger partial charge in [-0.05, 0) is 61.0 Å². The van der Waals surface area contributed by atoms with Crippen LogP contribution in [0, 0.1) is 17.0 Å². The Morgan fingerprint density at radius 1 is 0.953 bits per heavy atom. The number of amides is 2. The van der Waals surface area contributed by atoms with Gasteiger partial charge in [-0.2, -0.15) is 9.41 Å². The largest absolute Gasteiger partial charge is 0.459 e. The number of furan rings is 1. The van der Waals surface area contributed by atoms with Crippen LogP contribution in [0.2, 0.25) is 10.0 Å². The zero-order chi connectivity index (χ0) is 31.1. The third kappa shape index (κ3) is 8.26. The molecule has 3 aromatic carbocycles. The van der Waals surface area contributed by atoms with Crippen molar-refractivity contribution in [3.63, 3.8) is 0 Å². The molecule has 0 radical (unpaired) electrons. The van der Waals surface area contributed by atoms with Crippen LogP contribution in [0.25, 0.3) is 0 Å². The van der Waals surface area contributed by atoms with E-state index in [1.165, 1.54) is 46.8 Å².